The lowest BCUT2D eigenvalue weighted by Gasteiger charge is -2.12. The van der Waals surface area contributed by atoms with E-state index in [9.17, 15) is 9.59 Å². The molecule has 0 spiro atoms. The van der Waals surface area contributed by atoms with Crippen LogP contribution in [0.3, 0.4) is 0 Å². The van der Waals surface area contributed by atoms with Crippen LogP contribution in [-0.2, 0) is 11.3 Å². The third kappa shape index (κ3) is 5.64. The molecule has 6 heteroatoms. The Morgan fingerprint density at radius 2 is 1.71 bits per heavy atom. The molecule has 0 atom stereocenters. The van der Waals surface area contributed by atoms with E-state index >= 15 is 0 Å². The zero-order chi connectivity index (χ0) is 17.2. The van der Waals surface area contributed by atoms with Crippen LogP contribution in [0.2, 0.25) is 0 Å². The van der Waals surface area contributed by atoms with Gasteiger partial charge < -0.3 is 15.4 Å². The molecule has 2 aromatic carbocycles. The van der Waals surface area contributed by atoms with E-state index in [0.29, 0.717) is 24.6 Å². The quantitative estimate of drug-likeness (QED) is 0.730. The topological polar surface area (TPSA) is 79.5 Å². The summed E-state index contributed by atoms with van der Waals surface area (Å²) in [4.78, 5) is 23.5. The molecule has 0 aromatic heterocycles. The minimum absolute atomic E-state index is 0.0250. The molecule has 24 heavy (non-hydrogen) atoms. The summed E-state index contributed by atoms with van der Waals surface area (Å²) in [6.07, 6.45) is 0. The van der Waals surface area contributed by atoms with Gasteiger partial charge in [-0.05, 0) is 24.6 Å². The lowest BCUT2D eigenvalue weighted by Crippen LogP contribution is -2.41. The second-order valence-corrected chi connectivity index (χ2v) is 5.00. The Hall–Kier alpha value is -3.02. The van der Waals surface area contributed by atoms with E-state index in [2.05, 4.69) is 16.0 Å². The van der Waals surface area contributed by atoms with Gasteiger partial charge in [0.25, 0.3) is 0 Å². The number of benzene rings is 2. The molecule has 0 aliphatic heterocycles. The highest BCUT2D eigenvalue weighted by molar-refractivity contribution is 5.96. The number of amides is 3. The molecular weight excluding hydrogens is 306 g/mol. The number of rotatable bonds is 7. The largest absolute Gasteiger partial charge is 0.492 e. The number of anilines is 1. The van der Waals surface area contributed by atoms with Crippen LogP contribution in [-0.4, -0.2) is 25.1 Å². The molecule has 0 saturated heterocycles. The van der Waals surface area contributed by atoms with E-state index < -0.39 is 11.9 Å². The van der Waals surface area contributed by atoms with Gasteiger partial charge in [0.15, 0.2) is 0 Å². The maximum atomic E-state index is 11.8. The summed E-state index contributed by atoms with van der Waals surface area (Å²) in [7, 11) is 0. The second kappa shape index (κ2) is 9.19. The van der Waals surface area contributed by atoms with Crippen LogP contribution in [0.4, 0.5) is 10.5 Å². The van der Waals surface area contributed by atoms with E-state index in [-0.39, 0.29) is 6.54 Å². The van der Waals surface area contributed by atoms with E-state index in [0.717, 1.165) is 5.56 Å². The summed E-state index contributed by atoms with van der Waals surface area (Å²) < 4.78 is 5.46. The molecule has 0 bridgehead atoms. The van der Waals surface area contributed by atoms with Crippen molar-refractivity contribution in [1.82, 2.24) is 10.6 Å². The molecule has 0 saturated carbocycles. The summed E-state index contributed by atoms with van der Waals surface area (Å²) in [5.41, 5.74) is 1.67. The van der Waals surface area contributed by atoms with Crippen LogP contribution in [0.1, 0.15) is 12.5 Å². The minimum Gasteiger partial charge on any atom is -0.492 e. The SMILES string of the molecule is CCOc1ccccc1NCC(=O)NC(=O)NCc1ccccc1. The molecule has 2 aromatic rings. The summed E-state index contributed by atoms with van der Waals surface area (Å²) in [6, 6.07) is 16.3. The molecule has 126 valence electrons. The number of hydrogen-bond acceptors (Lipinski definition) is 4. The molecule has 3 N–H and O–H groups in total. The van der Waals surface area contributed by atoms with Gasteiger partial charge in [-0.25, -0.2) is 4.79 Å². The molecule has 0 aliphatic carbocycles. The standard InChI is InChI=1S/C18H21N3O3/c1-2-24-16-11-7-6-10-15(16)19-13-17(22)21-18(23)20-12-14-8-4-3-5-9-14/h3-11,19H,2,12-13H2,1H3,(H2,20,21,22,23). The highest BCUT2D eigenvalue weighted by Crippen LogP contribution is 2.23. The number of carbonyl (C=O) groups excluding carboxylic acids is 2. The van der Waals surface area contributed by atoms with E-state index in [1.807, 2.05) is 61.5 Å². The van der Waals surface area contributed by atoms with Gasteiger partial charge in [0, 0.05) is 6.54 Å². The predicted octanol–water partition coefficient (Wildman–Crippen LogP) is 2.52. The highest BCUT2D eigenvalue weighted by Gasteiger charge is 2.08. The normalized spacial score (nSPS) is 9.88. The van der Waals surface area contributed by atoms with Gasteiger partial charge in [-0.3, -0.25) is 10.1 Å². The molecular formula is C18H21N3O3. The van der Waals surface area contributed by atoms with Crippen molar-refractivity contribution in [2.45, 2.75) is 13.5 Å². The zero-order valence-corrected chi connectivity index (χ0v) is 13.5. The summed E-state index contributed by atoms with van der Waals surface area (Å²) in [5, 5.41) is 7.88. The summed E-state index contributed by atoms with van der Waals surface area (Å²) in [6.45, 7) is 2.76. The van der Waals surface area contributed by atoms with Crippen molar-refractivity contribution in [3.63, 3.8) is 0 Å². The van der Waals surface area contributed by atoms with Crippen molar-refractivity contribution in [2.75, 3.05) is 18.5 Å². The first-order valence-electron chi connectivity index (χ1n) is 7.76. The van der Waals surface area contributed by atoms with Crippen molar-refractivity contribution in [3.05, 3.63) is 60.2 Å². The zero-order valence-electron chi connectivity index (χ0n) is 13.5. The monoisotopic (exact) mass is 327 g/mol. The van der Waals surface area contributed by atoms with Crippen LogP contribution in [0.25, 0.3) is 0 Å². The van der Waals surface area contributed by atoms with E-state index in [4.69, 9.17) is 4.74 Å². The van der Waals surface area contributed by atoms with Crippen LogP contribution < -0.4 is 20.7 Å². The van der Waals surface area contributed by atoms with Gasteiger partial charge in [0.2, 0.25) is 5.91 Å². The fourth-order valence-electron chi connectivity index (χ4n) is 2.06. The highest BCUT2D eigenvalue weighted by atomic mass is 16.5. The number of ether oxygens (including phenoxy) is 1. The predicted molar refractivity (Wildman–Crippen MR) is 92.9 cm³/mol. The Balaban J connectivity index is 1.76. The van der Waals surface area contributed by atoms with Crippen LogP contribution in [0, 0.1) is 0 Å². The summed E-state index contributed by atoms with van der Waals surface area (Å²) >= 11 is 0. The number of imide groups is 1. The van der Waals surface area contributed by atoms with Gasteiger partial charge in [-0.1, -0.05) is 42.5 Å². The smallest absolute Gasteiger partial charge is 0.321 e. The van der Waals surface area contributed by atoms with Crippen molar-refractivity contribution in [2.24, 2.45) is 0 Å². The number of nitrogens with one attached hydrogen (secondary N) is 3. The first kappa shape index (κ1) is 17.3. The maximum Gasteiger partial charge on any atom is 0.321 e. The molecule has 6 nitrogen and oxygen atoms in total. The van der Waals surface area contributed by atoms with Crippen LogP contribution >= 0.6 is 0 Å². The Morgan fingerprint density at radius 1 is 1.00 bits per heavy atom. The average Bonchev–Trinajstić information content (AvgIpc) is 2.60. The minimum atomic E-state index is -0.524. The van der Waals surface area contributed by atoms with Crippen LogP contribution in [0.15, 0.2) is 54.6 Å². The third-order valence-corrected chi connectivity index (χ3v) is 3.18. The van der Waals surface area contributed by atoms with Crippen molar-refractivity contribution in [1.29, 1.82) is 0 Å². The van der Waals surface area contributed by atoms with Crippen LogP contribution in [0.5, 0.6) is 5.75 Å². The molecule has 0 aliphatic rings. The fraction of sp³-hybridized carbons (Fsp3) is 0.222. The Labute approximate surface area is 141 Å². The van der Waals surface area contributed by atoms with E-state index in [1.165, 1.54) is 0 Å². The fourth-order valence-corrected chi connectivity index (χ4v) is 2.06. The third-order valence-electron chi connectivity index (χ3n) is 3.18. The first-order valence-corrected chi connectivity index (χ1v) is 7.76. The molecule has 2 rings (SSSR count). The van der Waals surface area contributed by atoms with Crippen molar-refractivity contribution in [3.8, 4) is 5.75 Å². The molecule has 3 amide bonds. The van der Waals surface area contributed by atoms with Gasteiger partial charge >= 0.3 is 6.03 Å². The first-order chi connectivity index (χ1) is 11.7. The Morgan fingerprint density at radius 3 is 2.46 bits per heavy atom. The number of carbonyl (C=O) groups is 2. The lowest BCUT2D eigenvalue weighted by molar-refractivity contribution is -0.118. The number of para-hydroxylation sites is 2. The number of urea groups is 1. The van der Waals surface area contributed by atoms with Gasteiger partial charge in [-0.15, -0.1) is 0 Å². The van der Waals surface area contributed by atoms with Crippen molar-refractivity contribution >= 4 is 17.6 Å². The summed E-state index contributed by atoms with van der Waals surface area (Å²) in [5.74, 6) is 0.244. The lowest BCUT2D eigenvalue weighted by atomic mass is 10.2. The Bertz CT molecular complexity index is 674. The average molecular weight is 327 g/mol. The second-order valence-electron chi connectivity index (χ2n) is 5.00. The van der Waals surface area contributed by atoms with E-state index in [1.54, 1.807) is 0 Å². The van der Waals surface area contributed by atoms with Gasteiger partial charge in [-0.2, -0.15) is 0 Å². The maximum absolute atomic E-state index is 11.8. The van der Waals surface area contributed by atoms with Gasteiger partial charge in [0.1, 0.15) is 5.75 Å². The molecule has 0 heterocycles. The molecule has 0 unspecified atom stereocenters. The molecule has 0 fully saturated rings. The van der Waals surface area contributed by atoms with Gasteiger partial charge in [0.05, 0.1) is 18.8 Å². The Kier molecular flexibility index (Phi) is 6.64. The molecule has 0 radical (unpaired) electrons. The number of hydrogen-bond donors (Lipinski definition) is 3. The van der Waals surface area contributed by atoms with Crippen molar-refractivity contribution < 1.29 is 14.3 Å².